The van der Waals surface area contributed by atoms with Crippen molar-refractivity contribution < 1.29 is 10.0 Å². The van der Waals surface area contributed by atoms with Crippen LogP contribution in [0.25, 0.3) is 0 Å². The smallest absolute Gasteiger partial charge is 0.243 e. The minimum absolute atomic E-state index is 0.280. The molecule has 0 bridgehead atoms. The number of unbranched alkanes of at least 4 members (excludes halogenated alkanes) is 1. The van der Waals surface area contributed by atoms with E-state index in [0.29, 0.717) is 6.42 Å². The zero-order chi connectivity index (χ0) is 16.8. The van der Waals surface area contributed by atoms with Crippen molar-refractivity contribution in [3.63, 3.8) is 0 Å². The van der Waals surface area contributed by atoms with E-state index in [4.69, 9.17) is 5.21 Å². The van der Waals surface area contributed by atoms with E-state index < -0.39 is 0 Å². The predicted octanol–water partition coefficient (Wildman–Crippen LogP) is 3.31. The highest BCUT2D eigenvalue weighted by Crippen LogP contribution is 2.35. The molecule has 1 atom stereocenters. The van der Waals surface area contributed by atoms with E-state index >= 15 is 0 Å². The maximum atomic E-state index is 11.1. The van der Waals surface area contributed by atoms with E-state index in [9.17, 15) is 4.79 Å². The van der Waals surface area contributed by atoms with Crippen molar-refractivity contribution in [2.75, 3.05) is 13.1 Å². The van der Waals surface area contributed by atoms with Crippen molar-refractivity contribution in [3.8, 4) is 0 Å². The first-order chi connectivity index (χ1) is 11.8. The van der Waals surface area contributed by atoms with Crippen LogP contribution in [0.4, 0.5) is 0 Å². The van der Waals surface area contributed by atoms with E-state index in [0.717, 1.165) is 32.4 Å². The number of hydrogen-bond donors (Lipinski definition) is 2. The van der Waals surface area contributed by atoms with Crippen molar-refractivity contribution >= 4 is 5.91 Å². The molecule has 0 aliphatic carbocycles. The summed E-state index contributed by atoms with van der Waals surface area (Å²) in [5, 5.41) is 8.57. The maximum Gasteiger partial charge on any atom is 0.243 e. The highest BCUT2D eigenvalue weighted by Gasteiger charge is 2.27. The second kappa shape index (κ2) is 8.08. The Morgan fingerprint density at radius 3 is 2.62 bits per heavy atom. The number of carbonyl (C=O) groups excluding carboxylic acids is 1. The molecule has 0 fully saturated rings. The summed E-state index contributed by atoms with van der Waals surface area (Å²) in [4.78, 5) is 13.6. The van der Waals surface area contributed by atoms with Crippen molar-refractivity contribution in [2.45, 2.75) is 31.7 Å². The van der Waals surface area contributed by atoms with Crippen LogP contribution in [0.5, 0.6) is 0 Å². The molecule has 4 heteroatoms. The first kappa shape index (κ1) is 16.7. The number of carbonyl (C=O) groups is 1. The zero-order valence-electron chi connectivity index (χ0n) is 13.8. The minimum Gasteiger partial charge on any atom is -0.292 e. The second-order valence-electron chi connectivity index (χ2n) is 6.29. The average molecular weight is 324 g/mol. The van der Waals surface area contributed by atoms with Crippen LogP contribution in [-0.4, -0.2) is 29.1 Å². The SMILES string of the molecule is O=C(CCCCN1CCc2ccccc2C1c1ccccc1)NO. The van der Waals surface area contributed by atoms with Crippen LogP contribution in [0, 0.1) is 0 Å². The van der Waals surface area contributed by atoms with Gasteiger partial charge < -0.3 is 0 Å². The topological polar surface area (TPSA) is 52.6 Å². The van der Waals surface area contributed by atoms with Gasteiger partial charge in [0.1, 0.15) is 0 Å². The predicted molar refractivity (Wildman–Crippen MR) is 93.8 cm³/mol. The molecule has 1 heterocycles. The lowest BCUT2D eigenvalue weighted by Crippen LogP contribution is -2.36. The normalized spacial score (nSPS) is 17.3. The number of nitrogens with one attached hydrogen (secondary N) is 1. The molecule has 0 saturated carbocycles. The molecule has 0 aromatic heterocycles. The third-order valence-corrected chi connectivity index (χ3v) is 4.72. The Labute approximate surface area is 143 Å². The fraction of sp³-hybridized carbons (Fsp3) is 0.350. The van der Waals surface area contributed by atoms with Crippen LogP contribution in [-0.2, 0) is 11.2 Å². The lowest BCUT2D eigenvalue weighted by atomic mass is 9.88. The van der Waals surface area contributed by atoms with Gasteiger partial charge in [-0.3, -0.25) is 14.9 Å². The monoisotopic (exact) mass is 324 g/mol. The van der Waals surface area contributed by atoms with Crippen LogP contribution in [0.1, 0.15) is 42.0 Å². The van der Waals surface area contributed by atoms with Gasteiger partial charge in [0.2, 0.25) is 5.91 Å². The number of amides is 1. The summed E-state index contributed by atoms with van der Waals surface area (Å²) in [6, 6.07) is 19.6. The Morgan fingerprint density at radius 2 is 1.83 bits per heavy atom. The Bertz CT molecular complexity index is 672. The third-order valence-electron chi connectivity index (χ3n) is 4.72. The molecule has 24 heavy (non-hydrogen) atoms. The standard InChI is InChI=1S/C20H24N2O2/c23-19(21-24)12-6-7-14-22-15-13-16-8-4-5-11-18(16)20(22)17-9-2-1-3-10-17/h1-5,8-11,20,24H,6-7,12-15H2,(H,21,23). The van der Waals surface area contributed by atoms with Crippen molar-refractivity contribution in [1.82, 2.24) is 10.4 Å². The molecule has 0 spiro atoms. The number of hydrogen-bond acceptors (Lipinski definition) is 3. The first-order valence-electron chi connectivity index (χ1n) is 8.59. The summed E-state index contributed by atoms with van der Waals surface area (Å²) in [7, 11) is 0. The van der Waals surface area contributed by atoms with Crippen LogP contribution < -0.4 is 5.48 Å². The Balaban J connectivity index is 1.75. The van der Waals surface area contributed by atoms with E-state index in [1.54, 1.807) is 5.48 Å². The zero-order valence-corrected chi connectivity index (χ0v) is 13.8. The summed E-state index contributed by atoms with van der Waals surface area (Å²) in [5.74, 6) is -0.307. The molecule has 3 rings (SSSR count). The molecule has 2 aromatic carbocycles. The van der Waals surface area contributed by atoms with Gasteiger partial charge in [-0.1, -0.05) is 54.6 Å². The van der Waals surface area contributed by atoms with Crippen LogP contribution >= 0.6 is 0 Å². The molecule has 1 aliphatic heterocycles. The average Bonchev–Trinajstić information content (AvgIpc) is 2.65. The number of fused-ring (bicyclic) bond motifs is 1. The highest BCUT2D eigenvalue weighted by molar-refractivity contribution is 5.74. The first-order valence-corrected chi connectivity index (χ1v) is 8.59. The van der Waals surface area contributed by atoms with Gasteiger partial charge in [0.05, 0.1) is 6.04 Å². The number of rotatable bonds is 6. The van der Waals surface area contributed by atoms with Gasteiger partial charge in [-0.2, -0.15) is 0 Å². The largest absolute Gasteiger partial charge is 0.292 e. The fourth-order valence-corrected chi connectivity index (χ4v) is 3.54. The Kier molecular flexibility index (Phi) is 5.62. The van der Waals surface area contributed by atoms with Crippen molar-refractivity contribution in [3.05, 3.63) is 71.3 Å². The molecule has 0 saturated heterocycles. The van der Waals surface area contributed by atoms with E-state index in [2.05, 4.69) is 59.5 Å². The lowest BCUT2D eigenvalue weighted by Gasteiger charge is -2.37. The molecule has 0 radical (unpaired) electrons. The molecular formula is C20H24N2O2. The molecule has 1 aliphatic rings. The molecular weight excluding hydrogens is 300 g/mol. The second-order valence-corrected chi connectivity index (χ2v) is 6.29. The summed E-state index contributed by atoms with van der Waals surface area (Å²) in [6.07, 6.45) is 3.17. The summed E-state index contributed by atoms with van der Waals surface area (Å²) >= 11 is 0. The molecule has 1 unspecified atom stereocenters. The molecule has 126 valence electrons. The number of benzene rings is 2. The van der Waals surface area contributed by atoms with Gasteiger partial charge in [0.25, 0.3) is 0 Å². The Morgan fingerprint density at radius 1 is 1.08 bits per heavy atom. The van der Waals surface area contributed by atoms with Crippen LogP contribution in [0.3, 0.4) is 0 Å². The van der Waals surface area contributed by atoms with Crippen molar-refractivity contribution in [1.29, 1.82) is 0 Å². The van der Waals surface area contributed by atoms with E-state index in [-0.39, 0.29) is 11.9 Å². The van der Waals surface area contributed by atoms with Crippen LogP contribution in [0.15, 0.2) is 54.6 Å². The van der Waals surface area contributed by atoms with Gasteiger partial charge in [-0.25, -0.2) is 5.48 Å². The van der Waals surface area contributed by atoms with Gasteiger partial charge in [0.15, 0.2) is 0 Å². The third kappa shape index (κ3) is 3.83. The minimum atomic E-state index is -0.307. The lowest BCUT2D eigenvalue weighted by molar-refractivity contribution is -0.129. The number of nitrogens with zero attached hydrogens (tertiary/aromatic N) is 1. The number of hydroxylamine groups is 1. The summed E-state index contributed by atoms with van der Waals surface area (Å²) in [6.45, 7) is 1.98. The van der Waals surface area contributed by atoms with Gasteiger partial charge >= 0.3 is 0 Å². The highest BCUT2D eigenvalue weighted by atomic mass is 16.5. The van der Waals surface area contributed by atoms with Gasteiger partial charge in [-0.15, -0.1) is 0 Å². The van der Waals surface area contributed by atoms with Gasteiger partial charge in [-0.05, 0) is 42.5 Å². The molecule has 2 N–H and O–H groups in total. The molecule has 2 aromatic rings. The summed E-state index contributed by atoms with van der Waals surface area (Å²) in [5.41, 5.74) is 5.84. The van der Waals surface area contributed by atoms with Crippen LogP contribution in [0.2, 0.25) is 0 Å². The molecule has 4 nitrogen and oxygen atoms in total. The van der Waals surface area contributed by atoms with E-state index in [1.165, 1.54) is 16.7 Å². The van der Waals surface area contributed by atoms with Crippen molar-refractivity contribution in [2.24, 2.45) is 0 Å². The maximum absolute atomic E-state index is 11.1. The van der Waals surface area contributed by atoms with Gasteiger partial charge in [0, 0.05) is 13.0 Å². The fourth-order valence-electron chi connectivity index (χ4n) is 3.54. The quantitative estimate of drug-likeness (QED) is 0.487. The van der Waals surface area contributed by atoms with E-state index in [1.807, 2.05) is 0 Å². The Hall–Kier alpha value is -2.17. The summed E-state index contributed by atoms with van der Waals surface area (Å²) < 4.78 is 0. The molecule has 1 amide bonds.